The highest BCUT2D eigenvalue weighted by molar-refractivity contribution is 4.93. The standard InChI is InChI=1S/C12H22N4/c1-10(2)12(16(3)4)9-14-8-11-7-13-5-6-15-11/h5-7,10,12,14H,8-9H2,1-4H3. The predicted octanol–water partition coefficient (Wildman–Crippen LogP) is 1.15. The number of likely N-dealkylation sites (N-methyl/N-ethyl adjacent to an activating group) is 1. The minimum absolute atomic E-state index is 0.552. The smallest absolute Gasteiger partial charge is 0.0724 e. The van der Waals surface area contributed by atoms with Crippen molar-refractivity contribution >= 4 is 0 Å². The second-order valence-electron chi connectivity index (χ2n) is 4.60. The van der Waals surface area contributed by atoms with Crippen LogP contribution in [0.3, 0.4) is 0 Å². The Morgan fingerprint density at radius 2 is 2.06 bits per heavy atom. The molecule has 0 amide bonds. The summed E-state index contributed by atoms with van der Waals surface area (Å²) in [6.07, 6.45) is 5.22. The summed E-state index contributed by atoms with van der Waals surface area (Å²) in [5, 5.41) is 3.42. The van der Waals surface area contributed by atoms with Crippen LogP contribution in [0.2, 0.25) is 0 Å². The van der Waals surface area contributed by atoms with Gasteiger partial charge in [0.05, 0.1) is 5.69 Å². The predicted molar refractivity (Wildman–Crippen MR) is 66.1 cm³/mol. The van der Waals surface area contributed by atoms with Crippen molar-refractivity contribution in [1.82, 2.24) is 20.2 Å². The Morgan fingerprint density at radius 1 is 1.31 bits per heavy atom. The van der Waals surface area contributed by atoms with Crippen molar-refractivity contribution in [2.45, 2.75) is 26.4 Å². The van der Waals surface area contributed by atoms with Gasteiger partial charge in [-0.05, 0) is 20.0 Å². The molecule has 1 N–H and O–H groups in total. The lowest BCUT2D eigenvalue weighted by Gasteiger charge is -2.28. The molecule has 0 aliphatic rings. The molecule has 0 bridgehead atoms. The fraction of sp³-hybridized carbons (Fsp3) is 0.667. The molecule has 90 valence electrons. The highest BCUT2D eigenvalue weighted by atomic mass is 15.1. The van der Waals surface area contributed by atoms with E-state index in [-0.39, 0.29) is 0 Å². The van der Waals surface area contributed by atoms with Gasteiger partial charge in [0.15, 0.2) is 0 Å². The van der Waals surface area contributed by atoms with E-state index in [0.29, 0.717) is 12.0 Å². The Morgan fingerprint density at radius 3 is 2.56 bits per heavy atom. The van der Waals surface area contributed by atoms with Crippen molar-refractivity contribution in [2.75, 3.05) is 20.6 Å². The van der Waals surface area contributed by atoms with Gasteiger partial charge in [-0.2, -0.15) is 0 Å². The number of hydrogen-bond acceptors (Lipinski definition) is 4. The Bertz CT molecular complexity index is 276. The monoisotopic (exact) mass is 222 g/mol. The first-order valence-electron chi connectivity index (χ1n) is 5.73. The third-order valence-corrected chi connectivity index (χ3v) is 2.71. The minimum Gasteiger partial charge on any atom is -0.310 e. The van der Waals surface area contributed by atoms with Gasteiger partial charge >= 0.3 is 0 Å². The van der Waals surface area contributed by atoms with Crippen LogP contribution in [0.5, 0.6) is 0 Å². The van der Waals surface area contributed by atoms with E-state index in [2.05, 4.69) is 48.1 Å². The second kappa shape index (κ2) is 6.55. The molecule has 0 spiro atoms. The van der Waals surface area contributed by atoms with Gasteiger partial charge in [0.25, 0.3) is 0 Å². The van der Waals surface area contributed by atoms with E-state index in [0.717, 1.165) is 18.8 Å². The largest absolute Gasteiger partial charge is 0.310 e. The minimum atomic E-state index is 0.552. The van der Waals surface area contributed by atoms with Gasteiger partial charge in [0.1, 0.15) is 0 Å². The lowest BCUT2D eigenvalue weighted by molar-refractivity contribution is 0.224. The van der Waals surface area contributed by atoms with E-state index in [1.165, 1.54) is 0 Å². The van der Waals surface area contributed by atoms with Crippen molar-refractivity contribution in [3.05, 3.63) is 24.3 Å². The molecule has 0 radical (unpaired) electrons. The molecule has 4 nitrogen and oxygen atoms in total. The summed E-state index contributed by atoms with van der Waals surface area (Å²) >= 11 is 0. The van der Waals surface area contributed by atoms with E-state index in [4.69, 9.17) is 0 Å². The molecule has 1 unspecified atom stereocenters. The Labute approximate surface area is 98.1 Å². The van der Waals surface area contributed by atoms with Gasteiger partial charge in [-0.1, -0.05) is 13.8 Å². The van der Waals surface area contributed by atoms with E-state index >= 15 is 0 Å². The summed E-state index contributed by atoms with van der Waals surface area (Å²) in [6, 6.07) is 0.552. The molecule has 0 aromatic carbocycles. The van der Waals surface area contributed by atoms with Crippen LogP contribution in [0.15, 0.2) is 18.6 Å². The average Bonchev–Trinajstić information content (AvgIpc) is 2.24. The first-order valence-corrected chi connectivity index (χ1v) is 5.73. The summed E-state index contributed by atoms with van der Waals surface area (Å²) in [5.41, 5.74) is 0.990. The number of rotatable bonds is 6. The highest BCUT2D eigenvalue weighted by Crippen LogP contribution is 2.06. The zero-order valence-corrected chi connectivity index (χ0v) is 10.6. The molecular weight excluding hydrogens is 200 g/mol. The Balaban J connectivity index is 2.34. The maximum Gasteiger partial charge on any atom is 0.0724 e. The number of nitrogens with zero attached hydrogens (tertiary/aromatic N) is 3. The highest BCUT2D eigenvalue weighted by Gasteiger charge is 2.14. The van der Waals surface area contributed by atoms with Crippen molar-refractivity contribution < 1.29 is 0 Å². The molecule has 1 aromatic heterocycles. The van der Waals surface area contributed by atoms with E-state index in [9.17, 15) is 0 Å². The normalized spacial score (nSPS) is 13.4. The lowest BCUT2D eigenvalue weighted by atomic mass is 10.0. The summed E-state index contributed by atoms with van der Waals surface area (Å²) in [7, 11) is 4.24. The molecule has 0 saturated heterocycles. The molecule has 1 rings (SSSR count). The molecule has 0 fully saturated rings. The average molecular weight is 222 g/mol. The summed E-state index contributed by atoms with van der Waals surface area (Å²) in [4.78, 5) is 10.5. The van der Waals surface area contributed by atoms with E-state index in [1.54, 1.807) is 18.6 Å². The van der Waals surface area contributed by atoms with Crippen LogP contribution < -0.4 is 5.32 Å². The molecule has 0 saturated carbocycles. The van der Waals surface area contributed by atoms with Crippen molar-refractivity contribution in [1.29, 1.82) is 0 Å². The maximum atomic E-state index is 4.23. The lowest BCUT2D eigenvalue weighted by Crippen LogP contribution is -2.41. The molecule has 1 atom stereocenters. The fourth-order valence-electron chi connectivity index (χ4n) is 1.78. The van der Waals surface area contributed by atoms with Crippen LogP contribution in [0.1, 0.15) is 19.5 Å². The summed E-state index contributed by atoms with van der Waals surface area (Å²) < 4.78 is 0. The quantitative estimate of drug-likeness (QED) is 0.784. The number of aromatic nitrogens is 2. The Kier molecular flexibility index (Phi) is 5.35. The second-order valence-corrected chi connectivity index (χ2v) is 4.60. The molecule has 1 heterocycles. The third kappa shape index (κ3) is 4.24. The first-order chi connectivity index (χ1) is 7.61. The topological polar surface area (TPSA) is 41.1 Å². The zero-order chi connectivity index (χ0) is 12.0. The van der Waals surface area contributed by atoms with Crippen molar-refractivity contribution in [3.63, 3.8) is 0 Å². The van der Waals surface area contributed by atoms with Crippen LogP contribution in [0, 0.1) is 5.92 Å². The van der Waals surface area contributed by atoms with Crippen LogP contribution in [0.4, 0.5) is 0 Å². The van der Waals surface area contributed by atoms with Crippen LogP contribution in [-0.2, 0) is 6.54 Å². The Hall–Kier alpha value is -1.00. The number of nitrogens with one attached hydrogen (secondary N) is 1. The van der Waals surface area contributed by atoms with E-state index in [1.807, 2.05) is 0 Å². The van der Waals surface area contributed by atoms with Crippen molar-refractivity contribution in [2.24, 2.45) is 5.92 Å². The molecule has 16 heavy (non-hydrogen) atoms. The van der Waals surface area contributed by atoms with Gasteiger partial charge in [0, 0.05) is 37.7 Å². The van der Waals surface area contributed by atoms with E-state index < -0.39 is 0 Å². The zero-order valence-electron chi connectivity index (χ0n) is 10.6. The molecule has 4 heteroatoms. The van der Waals surface area contributed by atoms with Gasteiger partial charge in [0.2, 0.25) is 0 Å². The van der Waals surface area contributed by atoms with Crippen LogP contribution in [-0.4, -0.2) is 41.5 Å². The molecule has 1 aromatic rings. The van der Waals surface area contributed by atoms with Gasteiger partial charge < -0.3 is 10.2 Å². The van der Waals surface area contributed by atoms with Gasteiger partial charge in [-0.25, -0.2) is 0 Å². The SMILES string of the molecule is CC(C)C(CNCc1cnccn1)N(C)C. The van der Waals surface area contributed by atoms with Crippen LogP contribution >= 0.6 is 0 Å². The maximum absolute atomic E-state index is 4.23. The number of hydrogen-bond donors (Lipinski definition) is 1. The summed E-state index contributed by atoms with van der Waals surface area (Å²) in [5.74, 6) is 0.643. The van der Waals surface area contributed by atoms with Gasteiger partial charge in [-0.15, -0.1) is 0 Å². The molecular formula is C12H22N4. The first kappa shape index (κ1) is 13.1. The summed E-state index contributed by atoms with van der Waals surface area (Å²) in [6.45, 7) is 6.25. The van der Waals surface area contributed by atoms with Crippen molar-refractivity contribution in [3.8, 4) is 0 Å². The van der Waals surface area contributed by atoms with Gasteiger partial charge in [-0.3, -0.25) is 9.97 Å². The molecule has 0 aliphatic heterocycles. The third-order valence-electron chi connectivity index (χ3n) is 2.71. The fourth-order valence-corrected chi connectivity index (χ4v) is 1.78. The molecule has 0 aliphatic carbocycles. The van der Waals surface area contributed by atoms with Crippen LogP contribution in [0.25, 0.3) is 0 Å².